The van der Waals surface area contributed by atoms with E-state index in [1.165, 1.54) is 38.4 Å². The first-order chi connectivity index (χ1) is 11.6. The fraction of sp³-hybridized carbons (Fsp3) is 0.471. The predicted molar refractivity (Wildman–Crippen MR) is 93.6 cm³/mol. The molecule has 1 aliphatic heterocycles. The lowest BCUT2D eigenvalue weighted by atomic mass is 10.1. The molecule has 0 amide bonds. The first-order valence-corrected chi connectivity index (χ1v) is 8.39. The van der Waals surface area contributed by atoms with Gasteiger partial charge in [-0.1, -0.05) is 6.42 Å². The standard InChI is InChI=1S/C17H23N5O2/c1-14-11-15(5-6-17(14)22(23)24)19-16-12-18-21(13-16)10-9-20-7-3-2-4-8-20/h5-6,11-13,19H,2-4,7-10H2,1H3. The van der Waals surface area contributed by atoms with Gasteiger partial charge in [-0.2, -0.15) is 5.10 Å². The Morgan fingerprint density at radius 3 is 2.71 bits per heavy atom. The smallest absolute Gasteiger partial charge is 0.272 e. The number of piperidine rings is 1. The van der Waals surface area contributed by atoms with Gasteiger partial charge in [0.15, 0.2) is 0 Å². The fourth-order valence-electron chi connectivity index (χ4n) is 3.08. The Morgan fingerprint density at radius 1 is 1.21 bits per heavy atom. The predicted octanol–water partition coefficient (Wildman–Crippen LogP) is 3.33. The van der Waals surface area contributed by atoms with Gasteiger partial charge in [0.05, 0.1) is 23.4 Å². The third kappa shape index (κ3) is 4.11. The van der Waals surface area contributed by atoms with Crippen LogP contribution in [0.1, 0.15) is 24.8 Å². The number of benzene rings is 1. The second kappa shape index (κ2) is 7.44. The summed E-state index contributed by atoms with van der Waals surface area (Å²) in [6.07, 6.45) is 7.70. The lowest BCUT2D eigenvalue weighted by Crippen LogP contribution is -2.32. The number of rotatable bonds is 6. The second-order valence-corrected chi connectivity index (χ2v) is 6.28. The lowest BCUT2D eigenvalue weighted by molar-refractivity contribution is -0.385. The van der Waals surface area contributed by atoms with Crippen molar-refractivity contribution in [3.8, 4) is 0 Å². The monoisotopic (exact) mass is 329 g/mol. The molecular formula is C17H23N5O2. The zero-order valence-electron chi connectivity index (χ0n) is 13.9. The molecule has 0 spiro atoms. The third-order valence-electron chi connectivity index (χ3n) is 4.41. The highest BCUT2D eigenvalue weighted by molar-refractivity contribution is 5.61. The van der Waals surface area contributed by atoms with E-state index < -0.39 is 0 Å². The van der Waals surface area contributed by atoms with Crippen molar-refractivity contribution in [3.63, 3.8) is 0 Å². The Bertz CT molecular complexity index is 707. The van der Waals surface area contributed by atoms with E-state index in [9.17, 15) is 10.1 Å². The number of hydrogen-bond donors (Lipinski definition) is 1. The second-order valence-electron chi connectivity index (χ2n) is 6.28. The average molecular weight is 329 g/mol. The van der Waals surface area contributed by atoms with E-state index in [2.05, 4.69) is 15.3 Å². The van der Waals surface area contributed by atoms with Crippen molar-refractivity contribution in [1.82, 2.24) is 14.7 Å². The van der Waals surface area contributed by atoms with Crippen LogP contribution in [-0.2, 0) is 6.54 Å². The van der Waals surface area contributed by atoms with E-state index in [1.807, 2.05) is 10.9 Å². The van der Waals surface area contributed by atoms with E-state index >= 15 is 0 Å². The van der Waals surface area contributed by atoms with E-state index in [-0.39, 0.29) is 10.6 Å². The van der Waals surface area contributed by atoms with Gasteiger partial charge in [-0.3, -0.25) is 14.8 Å². The highest BCUT2D eigenvalue weighted by Crippen LogP contribution is 2.24. The lowest BCUT2D eigenvalue weighted by Gasteiger charge is -2.26. The normalized spacial score (nSPS) is 15.4. The molecule has 3 rings (SSSR count). The van der Waals surface area contributed by atoms with Crippen LogP contribution in [0.25, 0.3) is 0 Å². The average Bonchev–Trinajstić information content (AvgIpc) is 3.01. The Kier molecular flexibility index (Phi) is 5.10. The molecule has 2 heterocycles. The van der Waals surface area contributed by atoms with E-state index in [4.69, 9.17) is 0 Å². The number of nitrogens with one attached hydrogen (secondary N) is 1. The molecule has 0 unspecified atom stereocenters. The van der Waals surface area contributed by atoms with E-state index in [1.54, 1.807) is 25.3 Å². The Hall–Kier alpha value is -2.41. The summed E-state index contributed by atoms with van der Waals surface area (Å²) >= 11 is 0. The fourth-order valence-corrected chi connectivity index (χ4v) is 3.08. The van der Waals surface area contributed by atoms with Crippen LogP contribution in [0.2, 0.25) is 0 Å². The zero-order valence-corrected chi connectivity index (χ0v) is 13.9. The molecule has 0 saturated carbocycles. The molecule has 2 aromatic rings. The topological polar surface area (TPSA) is 76.2 Å². The van der Waals surface area contributed by atoms with Crippen molar-refractivity contribution < 1.29 is 4.92 Å². The van der Waals surface area contributed by atoms with Crippen LogP contribution in [0.15, 0.2) is 30.6 Å². The molecule has 128 valence electrons. The van der Waals surface area contributed by atoms with Crippen LogP contribution in [0.4, 0.5) is 17.1 Å². The summed E-state index contributed by atoms with van der Waals surface area (Å²) in [7, 11) is 0. The summed E-state index contributed by atoms with van der Waals surface area (Å²) in [5.74, 6) is 0. The summed E-state index contributed by atoms with van der Waals surface area (Å²) in [6, 6.07) is 5.03. The van der Waals surface area contributed by atoms with E-state index in [0.29, 0.717) is 5.56 Å². The highest BCUT2D eigenvalue weighted by atomic mass is 16.6. The molecule has 1 aliphatic rings. The largest absolute Gasteiger partial charge is 0.353 e. The molecule has 7 heteroatoms. The van der Waals surface area contributed by atoms with Crippen molar-refractivity contribution >= 4 is 17.1 Å². The Balaban J connectivity index is 1.57. The van der Waals surface area contributed by atoms with Crippen LogP contribution in [0.3, 0.4) is 0 Å². The summed E-state index contributed by atoms with van der Waals surface area (Å²) in [4.78, 5) is 13.0. The van der Waals surface area contributed by atoms with Gasteiger partial charge in [0.25, 0.3) is 5.69 Å². The summed E-state index contributed by atoms with van der Waals surface area (Å²) in [5, 5.41) is 18.5. The van der Waals surface area contributed by atoms with Gasteiger partial charge in [-0.25, -0.2) is 0 Å². The van der Waals surface area contributed by atoms with E-state index in [0.717, 1.165) is 24.5 Å². The van der Waals surface area contributed by atoms with Crippen molar-refractivity contribution in [2.24, 2.45) is 0 Å². The van der Waals surface area contributed by atoms with Crippen molar-refractivity contribution in [3.05, 3.63) is 46.3 Å². The third-order valence-corrected chi connectivity index (χ3v) is 4.41. The number of hydrogen-bond acceptors (Lipinski definition) is 5. The molecule has 0 atom stereocenters. The number of aryl methyl sites for hydroxylation is 1. The minimum absolute atomic E-state index is 0.137. The number of aromatic nitrogens is 2. The van der Waals surface area contributed by atoms with Crippen molar-refractivity contribution in [1.29, 1.82) is 0 Å². The number of likely N-dealkylation sites (tertiary alicyclic amines) is 1. The molecule has 0 radical (unpaired) electrons. The quantitative estimate of drug-likeness (QED) is 0.650. The summed E-state index contributed by atoms with van der Waals surface area (Å²) < 4.78 is 1.94. The van der Waals surface area contributed by atoms with Gasteiger partial charge >= 0.3 is 0 Å². The minimum Gasteiger partial charge on any atom is -0.353 e. The number of nitro benzene ring substituents is 1. The molecule has 1 N–H and O–H groups in total. The van der Waals surface area contributed by atoms with Crippen LogP contribution in [0.5, 0.6) is 0 Å². The SMILES string of the molecule is Cc1cc(Nc2cnn(CCN3CCCCC3)c2)ccc1[N+](=O)[O-]. The zero-order chi connectivity index (χ0) is 16.9. The molecular weight excluding hydrogens is 306 g/mol. The van der Waals surface area contributed by atoms with Gasteiger partial charge in [-0.15, -0.1) is 0 Å². The molecule has 0 bridgehead atoms. The first kappa shape index (κ1) is 16.4. The number of anilines is 2. The number of nitrogens with zero attached hydrogens (tertiary/aromatic N) is 4. The van der Waals surface area contributed by atoms with Crippen molar-refractivity contribution in [2.45, 2.75) is 32.7 Å². The molecule has 1 aromatic heterocycles. The van der Waals surface area contributed by atoms with Gasteiger partial charge in [0.2, 0.25) is 0 Å². The highest BCUT2D eigenvalue weighted by Gasteiger charge is 2.11. The summed E-state index contributed by atoms with van der Waals surface area (Å²) in [5.41, 5.74) is 2.50. The molecule has 1 saturated heterocycles. The minimum atomic E-state index is -0.363. The van der Waals surface area contributed by atoms with Gasteiger partial charge in [0.1, 0.15) is 0 Å². The molecule has 24 heavy (non-hydrogen) atoms. The number of nitro groups is 1. The molecule has 7 nitrogen and oxygen atoms in total. The van der Waals surface area contributed by atoms with Crippen LogP contribution < -0.4 is 5.32 Å². The maximum absolute atomic E-state index is 10.9. The van der Waals surface area contributed by atoms with Gasteiger partial charge < -0.3 is 10.2 Å². The van der Waals surface area contributed by atoms with Crippen LogP contribution in [0, 0.1) is 17.0 Å². The van der Waals surface area contributed by atoms with Gasteiger partial charge in [-0.05, 0) is 45.0 Å². The van der Waals surface area contributed by atoms with Gasteiger partial charge in [0, 0.05) is 30.1 Å². The van der Waals surface area contributed by atoms with Crippen LogP contribution in [-0.4, -0.2) is 39.2 Å². The molecule has 0 aliphatic carbocycles. The Morgan fingerprint density at radius 2 is 2.00 bits per heavy atom. The van der Waals surface area contributed by atoms with Crippen LogP contribution >= 0.6 is 0 Å². The van der Waals surface area contributed by atoms with Crippen molar-refractivity contribution in [2.75, 3.05) is 25.0 Å². The summed E-state index contributed by atoms with van der Waals surface area (Å²) in [6.45, 7) is 6.02. The maximum atomic E-state index is 10.9. The molecule has 1 fully saturated rings. The first-order valence-electron chi connectivity index (χ1n) is 8.39. The maximum Gasteiger partial charge on any atom is 0.272 e. The molecule has 1 aromatic carbocycles. The Labute approximate surface area is 141 Å².